The van der Waals surface area contributed by atoms with E-state index in [1.165, 1.54) is 4.80 Å². The molecule has 142 valence electrons. The highest BCUT2D eigenvalue weighted by atomic mass is 16.5. The summed E-state index contributed by atoms with van der Waals surface area (Å²) < 4.78 is 5.20. The summed E-state index contributed by atoms with van der Waals surface area (Å²) in [6.07, 6.45) is 1.39. The Morgan fingerprint density at radius 1 is 1.18 bits per heavy atom. The molecular formula is C20H19N5O3. The molecule has 8 heteroatoms. The van der Waals surface area contributed by atoms with Crippen LogP contribution in [0.15, 0.2) is 48.5 Å². The van der Waals surface area contributed by atoms with E-state index in [2.05, 4.69) is 15.4 Å². The van der Waals surface area contributed by atoms with Crippen LogP contribution in [0.2, 0.25) is 0 Å². The SMILES string of the molecule is COc1cccc(-c2nnn(CC(=O)c3cccc(N4CCCC4=O)c3)n2)c1. The third kappa shape index (κ3) is 3.62. The van der Waals surface area contributed by atoms with Gasteiger partial charge in [-0.15, -0.1) is 10.2 Å². The van der Waals surface area contributed by atoms with Crippen LogP contribution in [0.4, 0.5) is 5.69 Å². The Kier molecular flexibility index (Phi) is 4.84. The fraction of sp³-hybridized carbons (Fsp3) is 0.250. The molecule has 3 aromatic rings. The van der Waals surface area contributed by atoms with Gasteiger partial charge in [-0.25, -0.2) is 0 Å². The predicted molar refractivity (Wildman–Crippen MR) is 102 cm³/mol. The number of rotatable bonds is 6. The molecule has 1 fully saturated rings. The largest absolute Gasteiger partial charge is 0.497 e. The first-order valence-corrected chi connectivity index (χ1v) is 9.00. The van der Waals surface area contributed by atoms with E-state index in [0.717, 1.165) is 17.7 Å². The molecule has 0 spiro atoms. The number of hydrogen-bond acceptors (Lipinski definition) is 6. The molecule has 0 radical (unpaired) electrons. The lowest BCUT2D eigenvalue weighted by atomic mass is 10.1. The average Bonchev–Trinajstić information content (AvgIpc) is 3.37. The number of ketones is 1. The number of Topliss-reactive ketones (excluding diaryl/α,β-unsaturated/α-hetero) is 1. The maximum atomic E-state index is 12.7. The number of carbonyl (C=O) groups excluding carboxylic acids is 2. The molecule has 2 heterocycles. The van der Waals surface area contributed by atoms with Gasteiger partial charge >= 0.3 is 0 Å². The molecule has 28 heavy (non-hydrogen) atoms. The number of anilines is 1. The Hall–Kier alpha value is -3.55. The summed E-state index contributed by atoms with van der Waals surface area (Å²) in [7, 11) is 1.59. The normalized spacial score (nSPS) is 13.8. The molecule has 8 nitrogen and oxygen atoms in total. The molecule has 0 aliphatic carbocycles. The first kappa shape index (κ1) is 17.8. The lowest BCUT2D eigenvalue weighted by Gasteiger charge is -2.16. The second kappa shape index (κ2) is 7.59. The van der Waals surface area contributed by atoms with Crippen LogP contribution in [-0.4, -0.2) is 45.6 Å². The van der Waals surface area contributed by atoms with Crippen LogP contribution in [0, 0.1) is 0 Å². The summed E-state index contributed by atoms with van der Waals surface area (Å²) in [5, 5.41) is 12.3. The summed E-state index contributed by atoms with van der Waals surface area (Å²) >= 11 is 0. The van der Waals surface area contributed by atoms with Crippen molar-refractivity contribution < 1.29 is 14.3 Å². The minimum Gasteiger partial charge on any atom is -0.497 e. The van der Waals surface area contributed by atoms with Gasteiger partial charge in [0.05, 0.1) is 7.11 Å². The lowest BCUT2D eigenvalue weighted by molar-refractivity contribution is -0.117. The van der Waals surface area contributed by atoms with E-state index in [-0.39, 0.29) is 18.2 Å². The molecule has 0 atom stereocenters. The highest BCUT2D eigenvalue weighted by molar-refractivity contribution is 5.99. The molecule has 4 rings (SSSR count). The number of hydrogen-bond donors (Lipinski definition) is 0. The van der Waals surface area contributed by atoms with E-state index < -0.39 is 0 Å². The van der Waals surface area contributed by atoms with Crippen molar-refractivity contribution in [2.24, 2.45) is 0 Å². The summed E-state index contributed by atoms with van der Waals surface area (Å²) in [6.45, 7) is 0.652. The van der Waals surface area contributed by atoms with Gasteiger partial charge in [0.1, 0.15) is 12.3 Å². The van der Waals surface area contributed by atoms with Crippen molar-refractivity contribution in [1.29, 1.82) is 0 Å². The predicted octanol–water partition coefficient (Wildman–Crippen LogP) is 2.36. The molecule has 2 aromatic carbocycles. The number of tetrazole rings is 1. The third-order valence-electron chi connectivity index (χ3n) is 4.62. The van der Waals surface area contributed by atoms with Crippen LogP contribution in [0.3, 0.4) is 0 Å². The Morgan fingerprint density at radius 3 is 2.82 bits per heavy atom. The Morgan fingerprint density at radius 2 is 2.04 bits per heavy atom. The molecule has 0 saturated carbocycles. The van der Waals surface area contributed by atoms with Gasteiger partial charge < -0.3 is 9.64 Å². The van der Waals surface area contributed by atoms with E-state index in [1.807, 2.05) is 24.3 Å². The van der Waals surface area contributed by atoms with E-state index in [4.69, 9.17) is 4.74 Å². The number of benzene rings is 2. The van der Waals surface area contributed by atoms with E-state index in [9.17, 15) is 9.59 Å². The topological polar surface area (TPSA) is 90.2 Å². The third-order valence-corrected chi connectivity index (χ3v) is 4.62. The summed E-state index contributed by atoms with van der Waals surface area (Å²) in [6, 6.07) is 14.4. The van der Waals surface area contributed by atoms with Crippen LogP contribution in [0.5, 0.6) is 5.75 Å². The maximum Gasteiger partial charge on any atom is 0.227 e. The Balaban J connectivity index is 1.50. The van der Waals surface area contributed by atoms with Gasteiger partial charge in [-0.1, -0.05) is 24.3 Å². The van der Waals surface area contributed by atoms with Crippen molar-refractivity contribution in [2.45, 2.75) is 19.4 Å². The zero-order valence-corrected chi connectivity index (χ0v) is 15.4. The second-order valence-electron chi connectivity index (χ2n) is 6.50. The van der Waals surface area contributed by atoms with Crippen molar-refractivity contribution in [1.82, 2.24) is 20.2 Å². The minimum absolute atomic E-state index is 0.0334. The first-order valence-electron chi connectivity index (χ1n) is 9.00. The highest BCUT2D eigenvalue weighted by Crippen LogP contribution is 2.23. The highest BCUT2D eigenvalue weighted by Gasteiger charge is 2.22. The molecule has 1 aliphatic rings. The van der Waals surface area contributed by atoms with Gasteiger partial charge in [0.15, 0.2) is 5.78 Å². The van der Waals surface area contributed by atoms with Gasteiger partial charge in [-0.05, 0) is 35.9 Å². The zero-order chi connectivity index (χ0) is 19.5. The molecule has 1 amide bonds. The lowest BCUT2D eigenvalue weighted by Crippen LogP contribution is -2.24. The summed E-state index contributed by atoms with van der Waals surface area (Å²) in [4.78, 5) is 27.6. The van der Waals surface area contributed by atoms with E-state index >= 15 is 0 Å². The quantitative estimate of drug-likeness (QED) is 0.613. The standard InChI is InChI=1S/C20H19N5O3/c1-28-17-8-3-6-15(12-17)20-21-23-25(22-20)13-18(26)14-5-2-7-16(11-14)24-10-4-9-19(24)27/h2-3,5-8,11-12H,4,9-10,13H2,1H3. The van der Waals surface area contributed by atoms with Gasteiger partial charge in [-0.3, -0.25) is 9.59 Å². The van der Waals surface area contributed by atoms with Crippen LogP contribution in [0.25, 0.3) is 11.4 Å². The van der Waals surface area contributed by atoms with Crippen molar-refractivity contribution in [3.63, 3.8) is 0 Å². The number of ether oxygens (including phenoxy) is 1. The summed E-state index contributed by atoms with van der Waals surface area (Å²) in [5.41, 5.74) is 2.02. The fourth-order valence-corrected chi connectivity index (χ4v) is 3.18. The van der Waals surface area contributed by atoms with Crippen LogP contribution in [-0.2, 0) is 11.3 Å². The van der Waals surface area contributed by atoms with Crippen molar-refractivity contribution in [2.75, 3.05) is 18.6 Å². The van der Waals surface area contributed by atoms with Crippen molar-refractivity contribution >= 4 is 17.4 Å². The molecule has 0 N–H and O–H groups in total. The zero-order valence-electron chi connectivity index (χ0n) is 15.4. The number of nitrogens with zero attached hydrogens (tertiary/aromatic N) is 5. The van der Waals surface area contributed by atoms with Crippen molar-refractivity contribution in [3.8, 4) is 17.1 Å². The molecule has 0 bridgehead atoms. The van der Waals surface area contributed by atoms with Gasteiger partial charge in [0, 0.05) is 29.8 Å². The number of aromatic nitrogens is 4. The maximum absolute atomic E-state index is 12.7. The van der Waals surface area contributed by atoms with Gasteiger partial charge in [0.2, 0.25) is 11.7 Å². The molecule has 1 aromatic heterocycles. The van der Waals surface area contributed by atoms with Gasteiger partial charge in [-0.2, -0.15) is 4.80 Å². The van der Waals surface area contributed by atoms with Gasteiger partial charge in [0.25, 0.3) is 0 Å². The Bertz CT molecular complexity index is 1030. The fourth-order valence-electron chi connectivity index (χ4n) is 3.18. The number of amides is 1. The van der Waals surface area contributed by atoms with E-state index in [0.29, 0.717) is 30.1 Å². The smallest absolute Gasteiger partial charge is 0.227 e. The van der Waals surface area contributed by atoms with Crippen LogP contribution < -0.4 is 9.64 Å². The number of methoxy groups -OCH3 is 1. The molecule has 1 aliphatic heterocycles. The van der Waals surface area contributed by atoms with E-state index in [1.54, 1.807) is 36.3 Å². The number of carbonyl (C=O) groups is 2. The average molecular weight is 377 g/mol. The van der Waals surface area contributed by atoms with Crippen LogP contribution in [0.1, 0.15) is 23.2 Å². The monoisotopic (exact) mass is 377 g/mol. The molecule has 0 unspecified atom stereocenters. The molecule has 1 saturated heterocycles. The summed E-state index contributed by atoms with van der Waals surface area (Å²) in [5.74, 6) is 1.05. The van der Waals surface area contributed by atoms with Crippen LogP contribution >= 0.6 is 0 Å². The first-order chi connectivity index (χ1) is 13.6. The second-order valence-corrected chi connectivity index (χ2v) is 6.50. The molecular weight excluding hydrogens is 358 g/mol. The minimum atomic E-state index is -0.150. The Labute approximate surface area is 161 Å². The van der Waals surface area contributed by atoms with Crippen molar-refractivity contribution in [3.05, 3.63) is 54.1 Å².